The zero-order chi connectivity index (χ0) is 18.2. The Kier molecular flexibility index (Phi) is 6.39. The number of hydrogen-bond donors (Lipinski definition) is 1. The monoisotopic (exact) mass is 339 g/mol. The molecule has 1 heterocycles. The smallest absolute Gasteiger partial charge is 0.223 e. The lowest BCUT2D eigenvalue weighted by Crippen LogP contribution is -2.33. The quantitative estimate of drug-likeness (QED) is 0.785. The molecular formula is C19H21N3O3. The van der Waals surface area contributed by atoms with E-state index in [1.807, 2.05) is 6.07 Å². The van der Waals surface area contributed by atoms with Crippen molar-refractivity contribution in [1.82, 2.24) is 10.3 Å². The Labute approximate surface area is 146 Å². The molecule has 0 unspecified atom stereocenters. The van der Waals surface area contributed by atoms with E-state index in [0.29, 0.717) is 17.8 Å². The van der Waals surface area contributed by atoms with Gasteiger partial charge >= 0.3 is 0 Å². The summed E-state index contributed by atoms with van der Waals surface area (Å²) in [6, 6.07) is 10.5. The lowest BCUT2D eigenvalue weighted by molar-refractivity contribution is -0.121. The Bertz CT molecular complexity index is 760. The molecular weight excluding hydrogens is 318 g/mol. The molecule has 1 N–H and O–H groups in total. The number of carbonyl (C=O) groups excluding carboxylic acids is 3. The Hall–Kier alpha value is -3.02. The van der Waals surface area contributed by atoms with Crippen molar-refractivity contribution in [3.63, 3.8) is 0 Å². The van der Waals surface area contributed by atoms with Crippen molar-refractivity contribution in [2.75, 3.05) is 11.4 Å². The molecule has 0 saturated heterocycles. The summed E-state index contributed by atoms with van der Waals surface area (Å²) in [5.74, 6) is -0.404. The molecule has 1 aromatic carbocycles. The van der Waals surface area contributed by atoms with E-state index in [0.717, 1.165) is 5.56 Å². The maximum atomic E-state index is 12.0. The summed E-state index contributed by atoms with van der Waals surface area (Å²) in [6.45, 7) is 3.55. The summed E-state index contributed by atoms with van der Waals surface area (Å²) >= 11 is 0. The van der Waals surface area contributed by atoms with Gasteiger partial charge in [0.25, 0.3) is 0 Å². The van der Waals surface area contributed by atoms with E-state index in [9.17, 15) is 14.4 Å². The van der Waals surface area contributed by atoms with Gasteiger partial charge in [0.15, 0.2) is 5.78 Å². The zero-order valence-electron chi connectivity index (χ0n) is 14.4. The number of nitrogens with zero attached hydrogens (tertiary/aromatic N) is 2. The molecule has 6 heteroatoms. The molecule has 0 bridgehead atoms. The van der Waals surface area contributed by atoms with Gasteiger partial charge in [-0.1, -0.05) is 18.2 Å². The second kappa shape index (κ2) is 8.73. The molecule has 0 aliphatic heterocycles. The van der Waals surface area contributed by atoms with Crippen LogP contribution in [-0.2, 0) is 16.1 Å². The largest absolute Gasteiger partial charge is 0.352 e. The number of rotatable bonds is 7. The number of amides is 2. The second-order valence-electron chi connectivity index (χ2n) is 5.67. The third kappa shape index (κ3) is 5.53. The summed E-state index contributed by atoms with van der Waals surface area (Å²) in [5.41, 5.74) is 2.05. The van der Waals surface area contributed by atoms with E-state index in [1.54, 1.807) is 42.7 Å². The van der Waals surface area contributed by atoms with E-state index in [4.69, 9.17) is 0 Å². The predicted molar refractivity (Wildman–Crippen MR) is 95.2 cm³/mol. The Morgan fingerprint density at radius 3 is 2.56 bits per heavy atom. The highest BCUT2D eigenvalue weighted by Gasteiger charge is 2.14. The fourth-order valence-electron chi connectivity index (χ4n) is 2.37. The van der Waals surface area contributed by atoms with Crippen molar-refractivity contribution < 1.29 is 14.4 Å². The standard InChI is InChI=1S/C19H21N3O3/c1-14(23)17-6-3-7-18(11-17)22(15(2)24)10-8-19(25)21-13-16-5-4-9-20-12-16/h3-7,9,11-12H,8,10,13H2,1-2H3,(H,21,25). The fourth-order valence-corrected chi connectivity index (χ4v) is 2.37. The van der Waals surface area contributed by atoms with Gasteiger partial charge in [-0.2, -0.15) is 0 Å². The van der Waals surface area contributed by atoms with Crippen molar-refractivity contribution in [1.29, 1.82) is 0 Å². The van der Waals surface area contributed by atoms with Gasteiger partial charge in [0.05, 0.1) is 0 Å². The van der Waals surface area contributed by atoms with Crippen LogP contribution in [0.4, 0.5) is 5.69 Å². The van der Waals surface area contributed by atoms with Crippen molar-refractivity contribution in [2.24, 2.45) is 0 Å². The van der Waals surface area contributed by atoms with Crippen LogP contribution in [0, 0.1) is 0 Å². The minimum Gasteiger partial charge on any atom is -0.352 e. The average molecular weight is 339 g/mol. The van der Waals surface area contributed by atoms with E-state index in [2.05, 4.69) is 10.3 Å². The summed E-state index contributed by atoms with van der Waals surface area (Å²) in [4.78, 5) is 40.9. The van der Waals surface area contributed by atoms with Crippen LogP contribution in [0.2, 0.25) is 0 Å². The van der Waals surface area contributed by atoms with Crippen molar-refractivity contribution >= 4 is 23.3 Å². The van der Waals surface area contributed by atoms with Crippen LogP contribution >= 0.6 is 0 Å². The molecule has 0 aliphatic rings. The first kappa shape index (κ1) is 18.3. The fraction of sp³-hybridized carbons (Fsp3) is 0.263. The third-order valence-corrected chi connectivity index (χ3v) is 3.72. The molecule has 2 aromatic rings. The normalized spacial score (nSPS) is 10.2. The van der Waals surface area contributed by atoms with Gasteiger partial charge in [-0.05, 0) is 30.7 Å². The van der Waals surface area contributed by atoms with Crippen LogP contribution in [0.1, 0.15) is 36.2 Å². The zero-order valence-corrected chi connectivity index (χ0v) is 14.4. The number of Topliss-reactive ketones (excluding diaryl/α,β-unsaturated/α-hetero) is 1. The van der Waals surface area contributed by atoms with Crippen LogP contribution in [0.15, 0.2) is 48.8 Å². The van der Waals surface area contributed by atoms with Crippen molar-refractivity contribution in [3.05, 3.63) is 59.9 Å². The predicted octanol–water partition coefficient (Wildman–Crippen LogP) is 2.34. The Balaban J connectivity index is 1.95. The first-order chi connectivity index (χ1) is 12.0. The number of anilines is 1. The van der Waals surface area contributed by atoms with Crippen LogP contribution in [0.5, 0.6) is 0 Å². The Morgan fingerprint density at radius 2 is 1.92 bits per heavy atom. The summed E-state index contributed by atoms with van der Waals surface area (Å²) < 4.78 is 0. The van der Waals surface area contributed by atoms with Gasteiger partial charge in [-0.25, -0.2) is 0 Å². The lowest BCUT2D eigenvalue weighted by atomic mass is 10.1. The van der Waals surface area contributed by atoms with E-state index in [-0.39, 0.29) is 30.6 Å². The maximum Gasteiger partial charge on any atom is 0.223 e. The number of ketones is 1. The van der Waals surface area contributed by atoms with Gasteiger partial charge in [-0.15, -0.1) is 0 Å². The first-order valence-corrected chi connectivity index (χ1v) is 8.02. The molecule has 2 rings (SSSR count). The molecule has 1 aromatic heterocycles. The SMILES string of the molecule is CC(=O)c1cccc(N(CCC(=O)NCc2cccnc2)C(C)=O)c1. The average Bonchev–Trinajstić information content (AvgIpc) is 2.61. The van der Waals surface area contributed by atoms with Gasteiger partial charge < -0.3 is 10.2 Å². The number of benzene rings is 1. The molecule has 0 spiro atoms. The number of carbonyl (C=O) groups is 3. The summed E-state index contributed by atoms with van der Waals surface area (Å²) in [6.07, 6.45) is 3.53. The molecule has 0 radical (unpaired) electrons. The number of nitrogens with one attached hydrogen (secondary N) is 1. The minimum atomic E-state index is -0.180. The van der Waals surface area contributed by atoms with Crippen LogP contribution in [0.3, 0.4) is 0 Å². The molecule has 25 heavy (non-hydrogen) atoms. The topological polar surface area (TPSA) is 79.4 Å². The maximum absolute atomic E-state index is 12.0. The molecule has 2 amide bonds. The first-order valence-electron chi connectivity index (χ1n) is 8.02. The van der Waals surface area contributed by atoms with E-state index in [1.165, 1.54) is 18.7 Å². The molecule has 0 saturated carbocycles. The van der Waals surface area contributed by atoms with Crippen LogP contribution in [0.25, 0.3) is 0 Å². The highest BCUT2D eigenvalue weighted by Crippen LogP contribution is 2.17. The van der Waals surface area contributed by atoms with E-state index < -0.39 is 0 Å². The Morgan fingerprint density at radius 1 is 1.12 bits per heavy atom. The number of hydrogen-bond acceptors (Lipinski definition) is 4. The lowest BCUT2D eigenvalue weighted by Gasteiger charge is -2.21. The summed E-state index contributed by atoms with van der Waals surface area (Å²) in [5, 5.41) is 2.80. The molecule has 6 nitrogen and oxygen atoms in total. The number of aromatic nitrogens is 1. The van der Waals surface area contributed by atoms with Crippen LogP contribution < -0.4 is 10.2 Å². The van der Waals surface area contributed by atoms with Gasteiger partial charge in [0.1, 0.15) is 0 Å². The molecule has 0 atom stereocenters. The van der Waals surface area contributed by atoms with Gasteiger partial charge in [0.2, 0.25) is 11.8 Å². The third-order valence-electron chi connectivity index (χ3n) is 3.72. The second-order valence-corrected chi connectivity index (χ2v) is 5.67. The highest BCUT2D eigenvalue weighted by molar-refractivity contribution is 5.97. The van der Waals surface area contributed by atoms with Gasteiger partial charge in [-0.3, -0.25) is 19.4 Å². The highest BCUT2D eigenvalue weighted by atomic mass is 16.2. The van der Waals surface area contributed by atoms with E-state index >= 15 is 0 Å². The van der Waals surface area contributed by atoms with Crippen molar-refractivity contribution in [3.8, 4) is 0 Å². The van der Waals surface area contributed by atoms with Gasteiger partial charge in [0, 0.05) is 50.1 Å². The molecule has 130 valence electrons. The minimum absolute atomic E-state index is 0.0698. The molecule has 0 fully saturated rings. The molecule has 0 aliphatic carbocycles. The number of pyridine rings is 1. The summed E-state index contributed by atoms with van der Waals surface area (Å²) in [7, 11) is 0. The van der Waals surface area contributed by atoms with Crippen LogP contribution in [-0.4, -0.2) is 29.1 Å². The van der Waals surface area contributed by atoms with Crippen molar-refractivity contribution in [2.45, 2.75) is 26.8 Å².